The summed E-state index contributed by atoms with van der Waals surface area (Å²) in [6.07, 6.45) is 0. The number of hydrogen-bond donors (Lipinski definition) is 0. The Morgan fingerprint density at radius 2 is 0.516 bits per heavy atom. The molecule has 0 N–H and O–H groups in total. The molecule has 0 unspecified atom stereocenters. The van der Waals surface area contributed by atoms with Crippen LogP contribution in [0, 0.1) is 0 Å². The van der Waals surface area contributed by atoms with Crippen LogP contribution in [0.5, 0.6) is 0 Å². The van der Waals surface area contributed by atoms with Gasteiger partial charge in [-0.15, -0.1) is 0 Å². The monoisotopic (exact) mass is 860 g/mol. The van der Waals surface area contributed by atoms with Crippen LogP contribution in [0.1, 0.15) is 0 Å². The molecular weight excluding hydrogens is 820 g/mol. The van der Waals surface area contributed by atoms with E-state index in [9.17, 15) is 0 Å². The molecule has 10 aromatic carbocycles. The lowest BCUT2D eigenvalue weighted by Gasteiger charge is -2.32. The highest BCUT2D eigenvalue weighted by atomic mass is 35.5. The molecule has 0 saturated carbocycles. The third-order valence-corrected chi connectivity index (χ3v) is 12.0. The molecule has 0 amide bonds. The SMILES string of the molecule is Clc1ccc(N(c2ccc(-c3ccccc3)cc2)c2cc(-c3ccccc3)cc(N(c3ccc(-c4ccccc4)cc3)c3ccc(Cl)cc3-c3ccccc3)c2)c(-c2ccccc2)c1. The van der Waals surface area contributed by atoms with Gasteiger partial charge in [-0.2, -0.15) is 0 Å². The molecule has 0 fully saturated rings. The third kappa shape index (κ3) is 8.58. The number of rotatable bonds is 11. The Hall–Kier alpha value is -7.62. The molecule has 0 aliphatic rings. The first-order chi connectivity index (χ1) is 31.6. The molecule has 4 heteroatoms. The van der Waals surface area contributed by atoms with E-state index in [4.69, 9.17) is 23.2 Å². The van der Waals surface area contributed by atoms with Crippen molar-refractivity contribution in [1.29, 1.82) is 0 Å². The van der Waals surface area contributed by atoms with Crippen LogP contribution < -0.4 is 9.80 Å². The standard InChI is InChI=1S/C60H42Cl2N2/c61-51-30-36-59(57(40-51)48-22-12-4-13-23-48)63(53-32-26-46(27-33-53)43-16-6-1-7-17-43)55-38-50(45-20-10-3-11-21-45)39-56(42-55)64(54-34-28-47(29-35-54)44-18-8-2-9-19-44)60-37-31-52(62)41-58(60)49-24-14-5-15-25-49/h1-42H. The van der Waals surface area contributed by atoms with Crippen LogP contribution >= 0.6 is 23.2 Å². The van der Waals surface area contributed by atoms with Crippen LogP contribution in [0.25, 0.3) is 55.6 Å². The van der Waals surface area contributed by atoms with Gasteiger partial charge in [-0.25, -0.2) is 0 Å². The first-order valence-electron chi connectivity index (χ1n) is 21.4. The maximum Gasteiger partial charge on any atom is 0.0541 e. The summed E-state index contributed by atoms with van der Waals surface area (Å²) >= 11 is 13.7. The van der Waals surface area contributed by atoms with Gasteiger partial charge >= 0.3 is 0 Å². The Labute approximate surface area is 385 Å². The minimum absolute atomic E-state index is 0.669. The Bertz CT molecular complexity index is 2950. The summed E-state index contributed by atoms with van der Waals surface area (Å²) in [6.45, 7) is 0. The van der Waals surface area contributed by atoms with E-state index in [0.29, 0.717) is 10.0 Å². The number of benzene rings is 10. The third-order valence-electron chi connectivity index (χ3n) is 11.6. The Kier molecular flexibility index (Phi) is 11.6. The van der Waals surface area contributed by atoms with Crippen molar-refractivity contribution >= 4 is 57.3 Å². The quantitative estimate of drug-likeness (QED) is 0.128. The van der Waals surface area contributed by atoms with Crippen molar-refractivity contribution in [2.45, 2.75) is 0 Å². The van der Waals surface area contributed by atoms with Gasteiger partial charge in [0.2, 0.25) is 0 Å². The first kappa shape index (κ1) is 40.5. The van der Waals surface area contributed by atoms with E-state index in [1.54, 1.807) is 0 Å². The number of nitrogens with zero attached hydrogens (tertiary/aromatic N) is 2. The molecule has 64 heavy (non-hydrogen) atoms. The summed E-state index contributed by atoms with van der Waals surface area (Å²) in [5.41, 5.74) is 16.9. The molecular formula is C60H42Cl2N2. The fourth-order valence-corrected chi connectivity index (χ4v) is 8.82. The normalized spacial score (nSPS) is 11.0. The summed E-state index contributed by atoms with van der Waals surface area (Å²) in [7, 11) is 0. The molecule has 10 aromatic rings. The van der Waals surface area contributed by atoms with E-state index < -0.39 is 0 Å². The average molecular weight is 862 g/mol. The highest BCUT2D eigenvalue weighted by molar-refractivity contribution is 6.31. The number of halogens is 2. The highest BCUT2D eigenvalue weighted by Crippen LogP contribution is 2.48. The predicted octanol–water partition coefficient (Wildman–Crippen LogP) is 18.3. The highest BCUT2D eigenvalue weighted by Gasteiger charge is 2.24. The van der Waals surface area contributed by atoms with Crippen LogP contribution in [0.2, 0.25) is 10.0 Å². The molecule has 306 valence electrons. The fraction of sp³-hybridized carbons (Fsp3) is 0. The molecule has 0 aliphatic carbocycles. The summed E-state index contributed by atoms with van der Waals surface area (Å²) < 4.78 is 0. The summed E-state index contributed by atoms with van der Waals surface area (Å²) in [5.74, 6) is 0. The second kappa shape index (κ2) is 18.4. The molecule has 2 nitrogen and oxygen atoms in total. The van der Waals surface area contributed by atoms with Gasteiger partial charge < -0.3 is 9.80 Å². The molecule has 0 aromatic heterocycles. The Balaban J connectivity index is 1.24. The Morgan fingerprint density at radius 1 is 0.219 bits per heavy atom. The van der Waals surface area contributed by atoms with Gasteiger partial charge in [0.1, 0.15) is 0 Å². The maximum atomic E-state index is 6.85. The van der Waals surface area contributed by atoms with Gasteiger partial charge in [0, 0.05) is 43.9 Å². The van der Waals surface area contributed by atoms with Crippen LogP contribution in [0.3, 0.4) is 0 Å². The zero-order valence-corrected chi connectivity index (χ0v) is 36.4. The first-order valence-corrected chi connectivity index (χ1v) is 22.1. The van der Waals surface area contributed by atoms with Crippen molar-refractivity contribution < 1.29 is 0 Å². The van der Waals surface area contributed by atoms with Gasteiger partial charge in [0.25, 0.3) is 0 Å². The van der Waals surface area contributed by atoms with E-state index in [1.807, 2.05) is 24.3 Å². The zero-order valence-electron chi connectivity index (χ0n) is 34.9. The molecule has 0 bridgehead atoms. The van der Waals surface area contributed by atoms with Crippen LogP contribution in [0.4, 0.5) is 34.1 Å². The molecule has 0 aliphatic heterocycles. The lowest BCUT2D eigenvalue weighted by molar-refractivity contribution is 1.25. The van der Waals surface area contributed by atoms with Gasteiger partial charge in [-0.3, -0.25) is 0 Å². The minimum Gasteiger partial charge on any atom is -0.310 e. The smallest absolute Gasteiger partial charge is 0.0541 e. The number of hydrogen-bond acceptors (Lipinski definition) is 2. The second-order valence-corrected chi connectivity index (χ2v) is 16.5. The molecule has 0 atom stereocenters. The summed E-state index contributed by atoms with van der Waals surface area (Å²) in [5, 5.41) is 1.34. The lowest BCUT2D eigenvalue weighted by atomic mass is 9.98. The summed E-state index contributed by atoms with van der Waals surface area (Å²) in [4.78, 5) is 4.72. The van der Waals surface area contributed by atoms with Crippen molar-refractivity contribution in [3.8, 4) is 55.6 Å². The molecule has 0 radical (unpaired) electrons. The van der Waals surface area contributed by atoms with E-state index in [2.05, 4.69) is 240 Å². The topological polar surface area (TPSA) is 6.48 Å². The van der Waals surface area contributed by atoms with E-state index in [0.717, 1.165) is 89.8 Å². The van der Waals surface area contributed by atoms with Crippen LogP contribution in [0.15, 0.2) is 255 Å². The molecule has 0 heterocycles. The minimum atomic E-state index is 0.669. The summed E-state index contributed by atoms with van der Waals surface area (Å²) in [6, 6.07) is 89.6. The van der Waals surface area contributed by atoms with Gasteiger partial charge in [0.15, 0.2) is 0 Å². The molecule has 0 saturated heterocycles. The van der Waals surface area contributed by atoms with Crippen molar-refractivity contribution in [3.63, 3.8) is 0 Å². The second-order valence-electron chi connectivity index (χ2n) is 15.7. The zero-order chi connectivity index (χ0) is 43.2. The van der Waals surface area contributed by atoms with Crippen molar-refractivity contribution in [3.05, 3.63) is 265 Å². The Morgan fingerprint density at radius 3 is 0.859 bits per heavy atom. The van der Waals surface area contributed by atoms with Crippen LogP contribution in [-0.4, -0.2) is 0 Å². The molecule has 10 rings (SSSR count). The van der Waals surface area contributed by atoms with Crippen molar-refractivity contribution in [1.82, 2.24) is 0 Å². The van der Waals surface area contributed by atoms with Crippen molar-refractivity contribution in [2.75, 3.05) is 9.80 Å². The van der Waals surface area contributed by atoms with E-state index >= 15 is 0 Å². The van der Waals surface area contributed by atoms with Gasteiger partial charge in [-0.05, 0) is 123 Å². The largest absolute Gasteiger partial charge is 0.310 e. The van der Waals surface area contributed by atoms with Gasteiger partial charge in [0.05, 0.1) is 11.4 Å². The van der Waals surface area contributed by atoms with Crippen molar-refractivity contribution in [2.24, 2.45) is 0 Å². The fourth-order valence-electron chi connectivity index (χ4n) is 8.48. The van der Waals surface area contributed by atoms with Crippen LogP contribution in [-0.2, 0) is 0 Å². The lowest BCUT2D eigenvalue weighted by Crippen LogP contribution is -2.15. The van der Waals surface area contributed by atoms with E-state index in [-0.39, 0.29) is 0 Å². The maximum absolute atomic E-state index is 6.85. The average Bonchev–Trinajstić information content (AvgIpc) is 3.37. The predicted molar refractivity (Wildman–Crippen MR) is 273 cm³/mol. The van der Waals surface area contributed by atoms with Gasteiger partial charge in [-0.1, -0.05) is 199 Å². The molecule has 0 spiro atoms. The number of anilines is 6. The van der Waals surface area contributed by atoms with E-state index in [1.165, 1.54) is 0 Å².